The van der Waals surface area contributed by atoms with Crippen molar-refractivity contribution in [1.82, 2.24) is 9.97 Å². The smallest absolute Gasteiger partial charge is 0.161 e. The number of hydrogen-bond acceptors (Lipinski definition) is 3. The number of anilines is 1. The maximum Gasteiger partial charge on any atom is 0.161 e. The summed E-state index contributed by atoms with van der Waals surface area (Å²) in [5, 5.41) is 3.30. The van der Waals surface area contributed by atoms with Crippen LogP contribution in [0.15, 0.2) is 33.2 Å². The van der Waals surface area contributed by atoms with Gasteiger partial charge in [0, 0.05) is 22.0 Å². The molecule has 0 bridgehead atoms. The molecule has 2 aromatic rings. The largest absolute Gasteiger partial charge is 0.369 e. The Hall–Kier alpha value is -0.940. The number of halogens is 2. The summed E-state index contributed by atoms with van der Waals surface area (Å²) in [4.78, 5) is 9.44. The second-order valence-electron chi connectivity index (χ2n) is 5.85. The summed E-state index contributed by atoms with van der Waals surface area (Å²) in [6.07, 6.45) is 0. The van der Waals surface area contributed by atoms with Gasteiger partial charge in [0.05, 0.1) is 10.2 Å². The second kappa shape index (κ2) is 6.44. The van der Waals surface area contributed by atoms with E-state index < -0.39 is 0 Å². The van der Waals surface area contributed by atoms with Crippen LogP contribution in [0.4, 0.5) is 5.82 Å². The zero-order chi connectivity index (χ0) is 15.6. The average Bonchev–Trinajstić information content (AvgIpc) is 2.40. The van der Waals surface area contributed by atoms with E-state index in [0.29, 0.717) is 0 Å². The summed E-state index contributed by atoms with van der Waals surface area (Å²) >= 11 is 7.14. The fourth-order valence-corrected chi connectivity index (χ4v) is 3.30. The average molecular weight is 413 g/mol. The summed E-state index contributed by atoms with van der Waals surface area (Å²) < 4.78 is 1.96. The zero-order valence-corrected chi connectivity index (χ0v) is 15.8. The molecule has 3 nitrogen and oxygen atoms in total. The van der Waals surface area contributed by atoms with Crippen LogP contribution in [0.1, 0.15) is 33.4 Å². The maximum atomic E-state index is 4.78. The molecule has 0 saturated heterocycles. The molecule has 1 aromatic heterocycles. The lowest BCUT2D eigenvalue weighted by Gasteiger charge is -2.22. The molecule has 0 atom stereocenters. The molecule has 1 N–H and O–H groups in total. The van der Waals surface area contributed by atoms with Crippen molar-refractivity contribution in [3.8, 4) is 11.4 Å². The van der Waals surface area contributed by atoms with E-state index in [4.69, 9.17) is 4.98 Å². The van der Waals surface area contributed by atoms with Crippen LogP contribution in [0.5, 0.6) is 0 Å². The number of nitrogens with zero attached hydrogens (tertiary/aromatic N) is 2. The Labute approximate surface area is 142 Å². The van der Waals surface area contributed by atoms with Crippen LogP contribution in [0.2, 0.25) is 0 Å². The molecule has 1 heterocycles. The zero-order valence-electron chi connectivity index (χ0n) is 12.7. The molecule has 0 spiro atoms. The van der Waals surface area contributed by atoms with E-state index in [-0.39, 0.29) is 5.41 Å². The van der Waals surface area contributed by atoms with Gasteiger partial charge in [0.15, 0.2) is 5.82 Å². The van der Waals surface area contributed by atoms with Crippen LogP contribution in [0.25, 0.3) is 11.4 Å². The Morgan fingerprint density at radius 2 is 1.86 bits per heavy atom. The van der Waals surface area contributed by atoms with Crippen LogP contribution in [0, 0.1) is 0 Å². The predicted molar refractivity (Wildman–Crippen MR) is 95.7 cm³/mol. The number of hydrogen-bond donors (Lipinski definition) is 1. The summed E-state index contributed by atoms with van der Waals surface area (Å²) in [6, 6.07) is 8.05. The van der Waals surface area contributed by atoms with Gasteiger partial charge in [-0.2, -0.15) is 0 Å². The third-order valence-corrected chi connectivity index (χ3v) is 4.23. The van der Waals surface area contributed by atoms with Crippen LogP contribution in [-0.2, 0) is 5.41 Å². The van der Waals surface area contributed by atoms with E-state index in [1.807, 2.05) is 24.3 Å². The first kappa shape index (κ1) is 16.4. The van der Waals surface area contributed by atoms with E-state index in [0.717, 1.165) is 38.4 Å². The molecule has 1 aromatic carbocycles. The molecule has 0 aliphatic carbocycles. The SMILES string of the molecule is CCNc1nc(-c2cccc(Br)c2)nc(C(C)(C)C)c1Br. The topological polar surface area (TPSA) is 37.8 Å². The van der Waals surface area contributed by atoms with Gasteiger partial charge in [0.2, 0.25) is 0 Å². The van der Waals surface area contributed by atoms with Crippen LogP contribution >= 0.6 is 31.9 Å². The Morgan fingerprint density at radius 1 is 1.14 bits per heavy atom. The van der Waals surface area contributed by atoms with Gasteiger partial charge in [0.1, 0.15) is 5.82 Å². The quantitative estimate of drug-likeness (QED) is 0.733. The fraction of sp³-hybridized carbons (Fsp3) is 0.375. The molecule has 2 rings (SSSR count). The van der Waals surface area contributed by atoms with Crippen molar-refractivity contribution in [2.75, 3.05) is 11.9 Å². The van der Waals surface area contributed by atoms with E-state index in [9.17, 15) is 0 Å². The number of nitrogens with one attached hydrogen (secondary N) is 1. The minimum Gasteiger partial charge on any atom is -0.369 e. The molecule has 5 heteroatoms. The van der Waals surface area contributed by atoms with Crippen molar-refractivity contribution in [3.05, 3.63) is 38.9 Å². The van der Waals surface area contributed by atoms with E-state index in [2.05, 4.69) is 69.9 Å². The Morgan fingerprint density at radius 3 is 2.43 bits per heavy atom. The molecule has 0 saturated carbocycles. The van der Waals surface area contributed by atoms with Crippen molar-refractivity contribution in [2.45, 2.75) is 33.1 Å². The number of rotatable bonds is 3. The molecular weight excluding hydrogens is 394 g/mol. The van der Waals surface area contributed by atoms with Gasteiger partial charge < -0.3 is 5.32 Å². The Kier molecular flexibility index (Phi) is 5.04. The van der Waals surface area contributed by atoms with Gasteiger partial charge in [-0.05, 0) is 35.0 Å². The molecule has 0 fully saturated rings. The summed E-state index contributed by atoms with van der Waals surface area (Å²) in [5.41, 5.74) is 1.94. The third-order valence-electron chi connectivity index (χ3n) is 2.99. The van der Waals surface area contributed by atoms with Gasteiger partial charge in [-0.1, -0.05) is 48.8 Å². The number of aromatic nitrogens is 2. The molecule has 0 aliphatic rings. The van der Waals surface area contributed by atoms with E-state index in [1.165, 1.54) is 0 Å². The highest BCUT2D eigenvalue weighted by Gasteiger charge is 2.23. The van der Waals surface area contributed by atoms with Crippen LogP contribution < -0.4 is 5.32 Å². The second-order valence-corrected chi connectivity index (χ2v) is 7.56. The lowest BCUT2D eigenvalue weighted by molar-refractivity contribution is 0.564. The Bertz CT molecular complexity index is 648. The molecule has 0 aliphatic heterocycles. The molecule has 0 radical (unpaired) electrons. The standard InChI is InChI=1S/C16H19Br2N3/c1-5-19-15-12(18)13(16(2,3)4)20-14(21-15)10-7-6-8-11(17)9-10/h6-9H,5H2,1-4H3,(H,19,20,21). The third kappa shape index (κ3) is 3.83. The van der Waals surface area contributed by atoms with Crippen molar-refractivity contribution in [2.24, 2.45) is 0 Å². The van der Waals surface area contributed by atoms with Gasteiger partial charge in [0.25, 0.3) is 0 Å². The van der Waals surface area contributed by atoms with Gasteiger partial charge in [-0.15, -0.1) is 0 Å². The van der Waals surface area contributed by atoms with Crippen LogP contribution in [0.3, 0.4) is 0 Å². The molecule has 21 heavy (non-hydrogen) atoms. The van der Waals surface area contributed by atoms with Gasteiger partial charge in [-0.25, -0.2) is 9.97 Å². The van der Waals surface area contributed by atoms with Crippen LogP contribution in [-0.4, -0.2) is 16.5 Å². The van der Waals surface area contributed by atoms with Gasteiger partial charge >= 0.3 is 0 Å². The maximum absolute atomic E-state index is 4.78. The minimum absolute atomic E-state index is 0.0628. The van der Waals surface area contributed by atoms with E-state index >= 15 is 0 Å². The van der Waals surface area contributed by atoms with Gasteiger partial charge in [-0.3, -0.25) is 0 Å². The number of benzene rings is 1. The van der Waals surface area contributed by atoms with E-state index in [1.54, 1.807) is 0 Å². The summed E-state index contributed by atoms with van der Waals surface area (Å²) in [6.45, 7) is 9.34. The Balaban J connectivity index is 2.64. The monoisotopic (exact) mass is 411 g/mol. The van der Waals surface area contributed by atoms with Crippen molar-refractivity contribution < 1.29 is 0 Å². The lowest BCUT2D eigenvalue weighted by atomic mass is 9.91. The fourth-order valence-electron chi connectivity index (χ4n) is 1.99. The first-order valence-corrected chi connectivity index (χ1v) is 8.49. The molecule has 112 valence electrons. The minimum atomic E-state index is -0.0628. The normalized spacial score (nSPS) is 11.5. The first-order valence-electron chi connectivity index (χ1n) is 6.90. The molecule has 0 amide bonds. The molecule has 0 unspecified atom stereocenters. The highest BCUT2D eigenvalue weighted by Crippen LogP contribution is 2.34. The summed E-state index contributed by atoms with van der Waals surface area (Å²) in [7, 11) is 0. The predicted octanol–water partition coefficient (Wildman–Crippen LogP) is 5.40. The lowest BCUT2D eigenvalue weighted by Crippen LogP contribution is -2.17. The highest BCUT2D eigenvalue weighted by atomic mass is 79.9. The molecular formula is C16H19Br2N3. The van der Waals surface area contributed by atoms with Crippen molar-refractivity contribution in [3.63, 3.8) is 0 Å². The summed E-state index contributed by atoms with van der Waals surface area (Å²) in [5.74, 6) is 1.58. The first-order chi connectivity index (χ1) is 9.82. The van der Waals surface area contributed by atoms with Crippen molar-refractivity contribution >= 4 is 37.7 Å². The highest BCUT2D eigenvalue weighted by molar-refractivity contribution is 9.11. The van der Waals surface area contributed by atoms with Crippen molar-refractivity contribution in [1.29, 1.82) is 0 Å².